The normalized spacial score (nSPS) is 13.7. The fourth-order valence-corrected chi connectivity index (χ4v) is 2.11. The highest BCUT2D eigenvalue weighted by Crippen LogP contribution is 2.26. The molecule has 0 atom stereocenters. The van der Waals surface area contributed by atoms with Crippen LogP contribution in [0, 0.1) is 5.92 Å². The fourth-order valence-electron chi connectivity index (χ4n) is 2.11. The molecular weight excluding hydrogens is 230 g/mol. The van der Waals surface area contributed by atoms with Gasteiger partial charge in [-0.05, 0) is 43.2 Å². The van der Waals surface area contributed by atoms with Crippen molar-refractivity contribution in [3.63, 3.8) is 0 Å². The molecule has 0 aliphatic heterocycles. The smallest absolute Gasteiger partial charge is 0.341 e. The molecule has 1 aliphatic carbocycles. The molecule has 4 heteroatoms. The van der Waals surface area contributed by atoms with E-state index in [-0.39, 0.29) is 11.4 Å². The molecule has 0 radical (unpaired) electrons. The molecule has 1 aromatic rings. The fraction of sp³-hybridized carbons (Fsp3) is 0.571. The van der Waals surface area contributed by atoms with E-state index in [2.05, 4.69) is 18.8 Å². The summed E-state index contributed by atoms with van der Waals surface area (Å²) in [6.07, 6.45) is 3.80. The van der Waals surface area contributed by atoms with Gasteiger partial charge in [-0.15, -0.1) is 0 Å². The van der Waals surface area contributed by atoms with Gasteiger partial charge >= 0.3 is 5.97 Å². The molecule has 0 saturated heterocycles. The zero-order valence-electron chi connectivity index (χ0n) is 10.9. The van der Waals surface area contributed by atoms with Crippen LogP contribution in [-0.4, -0.2) is 22.7 Å². The molecule has 18 heavy (non-hydrogen) atoms. The Morgan fingerprint density at radius 2 is 2.28 bits per heavy atom. The molecule has 2 rings (SSSR count). The third-order valence-corrected chi connectivity index (χ3v) is 3.18. The van der Waals surface area contributed by atoms with Gasteiger partial charge < -0.3 is 9.84 Å². The maximum Gasteiger partial charge on any atom is 0.341 e. The van der Waals surface area contributed by atoms with Crippen molar-refractivity contribution < 1.29 is 14.6 Å². The lowest BCUT2D eigenvalue weighted by molar-refractivity contribution is 0.0691. The van der Waals surface area contributed by atoms with Crippen molar-refractivity contribution >= 4 is 5.97 Å². The molecule has 1 heterocycles. The molecule has 4 nitrogen and oxygen atoms in total. The van der Waals surface area contributed by atoms with Crippen LogP contribution in [0.2, 0.25) is 0 Å². The van der Waals surface area contributed by atoms with Crippen LogP contribution in [0.3, 0.4) is 0 Å². The number of fused-ring (bicyclic) bond motifs is 1. The molecule has 98 valence electrons. The molecule has 1 N–H and O–H groups in total. The maximum absolute atomic E-state index is 11.2. The molecular formula is C14H19NO3. The van der Waals surface area contributed by atoms with Crippen molar-refractivity contribution in [3.8, 4) is 5.88 Å². The van der Waals surface area contributed by atoms with Crippen LogP contribution < -0.4 is 4.74 Å². The van der Waals surface area contributed by atoms with Gasteiger partial charge in [0.2, 0.25) is 5.88 Å². The van der Waals surface area contributed by atoms with Gasteiger partial charge in [-0.1, -0.05) is 13.8 Å². The molecule has 0 saturated carbocycles. The number of aromatic nitrogens is 1. The highest BCUT2D eigenvalue weighted by molar-refractivity contribution is 5.90. The maximum atomic E-state index is 11.2. The Hall–Kier alpha value is -1.58. The number of hydrogen-bond acceptors (Lipinski definition) is 3. The van der Waals surface area contributed by atoms with Gasteiger partial charge in [0, 0.05) is 5.69 Å². The van der Waals surface area contributed by atoms with Gasteiger partial charge in [-0.2, -0.15) is 0 Å². The van der Waals surface area contributed by atoms with E-state index in [1.54, 1.807) is 6.07 Å². The number of rotatable bonds is 5. The number of aryl methyl sites for hydroxylation is 2. The van der Waals surface area contributed by atoms with Gasteiger partial charge in [-0.25, -0.2) is 9.78 Å². The molecule has 0 bridgehead atoms. The monoisotopic (exact) mass is 249 g/mol. The van der Waals surface area contributed by atoms with Crippen LogP contribution >= 0.6 is 0 Å². The predicted molar refractivity (Wildman–Crippen MR) is 68.2 cm³/mol. The summed E-state index contributed by atoms with van der Waals surface area (Å²) in [5, 5.41) is 9.19. The second-order valence-electron chi connectivity index (χ2n) is 5.14. The third kappa shape index (κ3) is 2.81. The van der Waals surface area contributed by atoms with Crippen molar-refractivity contribution in [1.29, 1.82) is 0 Å². The summed E-state index contributed by atoms with van der Waals surface area (Å²) in [6, 6.07) is 1.72. The van der Waals surface area contributed by atoms with Gasteiger partial charge in [0.15, 0.2) is 0 Å². The number of carboxylic acid groups (broad SMARTS) is 1. The summed E-state index contributed by atoms with van der Waals surface area (Å²) in [5.41, 5.74) is 2.25. The van der Waals surface area contributed by atoms with E-state index in [1.165, 1.54) is 0 Å². The van der Waals surface area contributed by atoms with E-state index < -0.39 is 5.97 Å². The van der Waals surface area contributed by atoms with Crippen molar-refractivity contribution in [2.45, 2.75) is 39.5 Å². The zero-order chi connectivity index (χ0) is 13.1. The average molecular weight is 249 g/mol. The topological polar surface area (TPSA) is 59.4 Å². The first-order valence-corrected chi connectivity index (χ1v) is 6.47. The molecule has 0 aromatic carbocycles. The van der Waals surface area contributed by atoms with E-state index in [4.69, 9.17) is 4.74 Å². The Morgan fingerprint density at radius 3 is 2.94 bits per heavy atom. The lowest BCUT2D eigenvalue weighted by atomic mass is 10.1. The standard InChI is InChI=1S/C14H19NO3/c1-9(2)6-7-18-13-11(14(16)17)8-10-4-3-5-12(10)15-13/h8-9H,3-7H2,1-2H3,(H,16,17). The van der Waals surface area contributed by atoms with E-state index >= 15 is 0 Å². The summed E-state index contributed by atoms with van der Waals surface area (Å²) >= 11 is 0. The molecule has 0 spiro atoms. The highest BCUT2D eigenvalue weighted by Gasteiger charge is 2.20. The first kappa shape index (κ1) is 12.9. The average Bonchev–Trinajstić information content (AvgIpc) is 2.74. The molecule has 1 aliphatic rings. The largest absolute Gasteiger partial charge is 0.477 e. The van der Waals surface area contributed by atoms with Crippen molar-refractivity contribution in [1.82, 2.24) is 4.98 Å². The number of ether oxygens (including phenoxy) is 1. The van der Waals surface area contributed by atoms with Crippen LogP contribution in [-0.2, 0) is 12.8 Å². The lowest BCUT2D eigenvalue weighted by Gasteiger charge is -2.11. The van der Waals surface area contributed by atoms with E-state index in [9.17, 15) is 9.90 Å². The van der Waals surface area contributed by atoms with Gasteiger partial charge in [0.25, 0.3) is 0 Å². The summed E-state index contributed by atoms with van der Waals surface area (Å²) < 4.78 is 5.54. The number of carboxylic acids is 1. The van der Waals surface area contributed by atoms with E-state index in [0.29, 0.717) is 12.5 Å². The summed E-state index contributed by atoms with van der Waals surface area (Å²) in [7, 11) is 0. The highest BCUT2D eigenvalue weighted by atomic mass is 16.5. The Morgan fingerprint density at radius 1 is 1.50 bits per heavy atom. The minimum Gasteiger partial charge on any atom is -0.477 e. The van der Waals surface area contributed by atoms with Gasteiger partial charge in [0.05, 0.1) is 6.61 Å². The van der Waals surface area contributed by atoms with Crippen molar-refractivity contribution in [3.05, 3.63) is 22.9 Å². The van der Waals surface area contributed by atoms with E-state index in [0.717, 1.165) is 36.9 Å². The third-order valence-electron chi connectivity index (χ3n) is 3.18. The number of pyridine rings is 1. The van der Waals surface area contributed by atoms with Gasteiger partial charge in [0.1, 0.15) is 5.56 Å². The number of aromatic carboxylic acids is 1. The minimum absolute atomic E-state index is 0.194. The first-order valence-electron chi connectivity index (χ1n) is 6.47. The molecule has 0 fully saturated rings. The van der Waals surface area contributed by atoms with Crippen molar-refractivity contribution in [2.75, 3.05) is 6.61 Å². The zero-order valence-corrected chi connectivity index (χ0v) is 10.9. The molecule has 1 aromatic heterocycles. The van der Waals surface area contributed by atoms with Crippen molar-refractivity contribution in [2.24, 2.45) is 5.92 Å². The lowest BCUT2D eigenvalue weighted by Crippen LogP contribution is -2.09. The first-order chi connectivity index (χ1) is 8.58. The molecule has 0 amide bonds. The van der Waals surface area contributed by atoms with Crippen LogP contribution in [0.25, 0.3) is 0 Å². The van der Waals surface area contributed by atoms with Crippen LogP contribution in [0.4, 0.5) is 0 Å². The Kier molecular flexibility index (Phi) is 3.84. The number of hydrogen-bond donors (Lipinski definition) is 1. The minimum atomic E-state index is -0.961. The van der Waals surface area contributed by atoms with Gasteiger partial charge in [-0.3, -0.25) is 0 Å². The quantitative estimate of drug-likeness (QED) is 0.871. The molecule has 0 unspecified atom stereocenters. The van der Waals surface area contributed by atoms with E-state index in [1.807, 2.05) is 0 Å². The summed E-state index contributed by atoms with van der Waals surface area (Å²) in [5.74, 6) is -0.145. The Bertz CT molecular complexity index is 455. The van der Waals surface area contributed by atoms with Crippen LogP contribution in [0.5, 0.6) is 5.88 Å². The predicted octanol–water partition coefficient (Wildman–Crippen LogP) is 2.69. The second-order valence-corrected chi connectivity index (χ2v) is 5.14. The van der Waals surface area contributed by atoms with Crippen LogP contribution in [0.15, 0.2) is 6.07 Å². The SMILES string of the molecule is CC(C)CCOc1nc2c(cc1C(=O)O)CCC2. The Balaban J connectivity index is 2.19. The van der Waals surface area contributed by atoms with Crippen LogP contribution in [0.1, 0.15) is 48.3 Å². The number of carbonyl (C=O) groups is 1. The Labute approximate surface area is 107 Å². The summed E-state index contributed by atoms with van der Waals surface area (Å²) in [6.45, 7) is 4.74. The summed E-state index contributed by atoms with van der Waals surface area (Å²) in [4.78, 5) is 15.6. The number of nitrogens with zero attached hydrogens (tertiary/aromatic N) is 1. The second kappa shape index (κ2) is 5.38.